The molecule has 0 spiro atoms. The van der Waals surface area contributed by atoms with Crippen LogP contribution in [0.4, 0.5) is 0 Å². The number of hydrogen-bond acceptors (Lipinski definition) is 4. The van der Waals surface area contributed by atoms with Gasteiger partial charge in [-0.05, 0) is 11.1 Å². The fourth-order valence-electron chi connectivity index (χ4n) is 8.11. The number of aryl methyl sites for hydroxylation is 3. The van der Waals surface area contributed by atoms with E-state index in [4.69, 9.17) is 0 Å². The molecule has 0 N–H and O–H groups in total. The molecule has 0 amide bonds. The van der Waals surface area contributed by atoms with Gasteiger partial charge in [0.25, 0.3) is 0 Å². The van der Waals surface area contributed by atoms with Gasteiger partial charge in [-0.3, -0.25) is 19.9 Å². The summed E-state index contributed by atoms with van der Waals surface area (Å²) in [4.78, 5) is 17.5. The fourth-order valence-corrected chi connectivity index (χ4v) is 8.11. The second-order valence-corrected chi connectivity index (χ2v) is 16.8. The monoisotopic (exact) mass is 1700 g/mol. The maximum absolute atomic E-state index is 4.49. The van der Waals surface area contributed by atoms with Crippen molar-refractivity contribution in [3.8, 4) is 90.2 Å². The van der Waals surface area contributed by atoms with Gasteiger partial charge in [-0.25, -0.2) is 0 Å². The van der Waals surface area contributed by atoms with Crippen molar-refractivity contribution in [2.75, 3.05) is 0 Å². The van der Waals surface area contributed by atoms with Crippen molar-refractivity contribution in [1.82, 2.24) is 38.2 Å². The molecular formula is C64H52Ir4N8-4. The molecule has 0 saturated heterocycles. The molecule has 0 aliphatic rings. The van der Waals surface area contributed by atoms with Crippen LogP contribution in [0.3, 0.4) is 0 Å². The molecule has 0 fully saturated rings. The summed E-state index contributed by atoms with van der Waals surface area (Å²) in [5, 5.41) is 0. The third kappa shape index (κ3) is 15.4. The topological polar surface area (TPSA) is 71.3 Å². The van der Waals surface area contributed by atoms with Gasteiger partial charge < -0.3 is 18.3 Å². The predicted molar refractivity (Wildman–Crippen MR) is 292 cm³/mol. The minimum Gasteiger partial charge on any atom is -0.373 e. The molecule has 0 aliphatic heterocycles. The van der Waals surface area contributed by atoms with Gasteiger partial charge in [-0.15, -0.1) is 131 Å². The third-order valence-corrected chi connectivity index (χ3v) is 11.9. The van der Waals surface area contributed by atoms with Crippen molar-refractivity contribution < 1.29 is 80.4 Å². The standard InChI is InChI=1S/4C16H13N2.4Ir/c1-18-15(13-8-4-2-5-9-13)12-17-16(18)14-10-6-3-7-11-14;2*1-18-11-10-17-16(18)15-9-5-8-14(12-15)13-6-3-2-4-7-13;1-18-12-11-17-16(18)15-9-7-14(8-10-15)13-5-3-2-4-6-13;;;;/h2-10,12H,1H3;2-8,10-12H,1H3;2-11H,1H3;2-9,11-12H,1H3;;;;/q4*-1;;;;. The molecule has 4 radical (unpaired) electrons. The van der Waals surface area contributed by atoms with Crippen LogP contribution < -0.4 is 0 Å². The van der Waals surface area contributed by atoms with Crippen LogP contribution in [0.15, 0.2) is 244 Å². The largest absolute Gasteiger partial charge is 0.373 e. The van der Waals surface area contributed by atoms with Gasteiger partial charge in [0.05, 0.1) is 29.0 Å². The SMILES string of the molecule is Cn1c(-c2ccccc2)cnc1-c1[c-]cccc1.Cn1ccnc1-c1[c-]c(-c2ccccc2)ccc1.Cn1ccnc1-c1[c-]cc(-c2ccccc2)cc1.Cn1ccnc1-c1[c-]ccc(-c2ccccc2)c1.[Ir].[Ir].[Ir].[Ir]. The van der Waals surface area contributed by atoms with Gasteiger partial charge in [-0.1, -0.05) is 144 Å². The number of aromatic nitrogens is 8. The van der Waals surface area contributed by atoms with Crippen LogP contribution >= 0.6 is 0 Å². The van der Waals surface area contributed by atoms with Crippen LogP contribution in [0.1, 0.15) is 0 Å². The summed E-state index contributed by atoms with van der Waals surface area (Å²) in [7, 11) is 8.00. The first kappa shape index (κ1) is 60.1. The van der Waals surface area contributed by atoms with Gasteiger partial charge >= 0.3 is 0 Å². The molecule has 12 aromatic rings. The first-order valence-corrected chi connectivity index (χ1v) is 23.6. The van der Waals surface area contributed by atoms with Crippen molar-refractivity contribution in [3.63, 3.8) is 0 Å². The number of benzene rings is 8. The Kier molecular flexibility index (Phi) is 23.8. The maximum Gasteiger partial charge on any atom is 0.0727 e. The predicted octanol–water partition coefficient (Wildman–Crippen LogP) is 14.2. The summed E-state index contributed by atoms with van der Waals surface area (Å²) < 4.78 is 8.09. The Labute approximate surface area is 500 Å². The van der Waals surface area contributed by atoms with Crippen LogP contribution in [0, 0.1) is 24.3 Å². The molecular weight excluding hydrogens is 1650 g/mol. The normalized spacial score (nSPS) is 9.95. The van der Waals surface area contributed by atoms with Gasteiger partial charge in [0.15, 0.2) is 0 Å². The Morgan fingerprint density at radius 3 is 1.30 bits per heavy atom. The van der Waals surface area contributed by atoms with Crippen LogP contribution in [0.5, 0.6) is 0 Å². The van der Waals surface area contributed by atoms with E-state index in [1.165, 1.54) is 33.4 Å². The number of imidazole rings is 4. The summed E-state index contributed by atoms with van der Waals surface area (Å²) in [5.74, 6) is 3.75. The average molecular weight is 1700 g/mol. The Hall–Kier alpha value is -6.80. The van der Waals surface area contributed by atoms with Crippen molar-refractivity contribution in [2.45, 2.75) is 0 Å². The molecule has 12 rings (SSSR count). The molecule has 76 heavy (non-hydrogen) atoms. The van der Waals surface area contributed by atoms with Gasteiger partial charge in [0.1, 0.15) is 0 Å². The number of rotatable bonds is 8. The molecule has 4 aromatic heterocycles. The molecule has 388 valence electrons. The van der Waals surface area contributed by atoms with E-state index in [1.54, 1.807) is 18.6 Å². The molecule has 8 aromatic carbocycles. The van der Waals surface area contributed by atoms with Crippen molar-refractivity contribution in [2.24, 2.45) is 28.2 Å². The Bertz CT molecular complexity index is 3380. The quantitative estimate of drug-likeness (QED) is 0.142. The van der Waals surface area contributed by atoms with E-state index in [-0.39, 0.29) is 80.4 Å². The van der Waals surface area contributed by atoms with Gasteiger partial charge in [-0.2, -0.15) is 0 Å². The van der Waals surface area contributed by atoms with Crippen molar-refractivity contribution in [1.29, 1.82) is 0 Å². The molecule has 0 bridgehead atoms. The van der Waals surface area contributed by atoms with Gasteiger partial charge in [0.2, 0.25) is 0 Å². The van der Waals surface area contributed by atoms with Crippen LogP contribution in [-0.4, -0.2) is 38.2 Å². The van der Waals surface area contributed by atoms with E-state index in [0.717, 1.165) is 56.8 Å². The van der Waals surface area contributed by atoms with Crippen LogP contribution in [0.25, 0.3) is 90.2 Å². The molecule has 0 saturated carbocycles. The summed E-state index contributed by atoms with van der Waals surface area (Å²) >= 11 is 0. The van der Waals surface area contributed by atoms with E-state index >= 15 is 0 Å². The van der Waals surface area contributed by atoms with E-state index in [9.17, 15) is 0 Å². The molecule has 0 unspecified atom stereocenters. The van der Waals surface area contributed by atoms with Crippen molar-refractivity contribution in [3.05, 3.63) is 268 Å². The summed E-state index contributed by atoms with van der Waals surface area (Å²) in [6.07, 6.45) is 13.1. The molecule has 0 aliphatic carbocycles. The summed E-state index contributed by atoms with van der Waals surface area (Å²) in [6, 6.07) is 80.8. The zero-order valence-electron chi connectivity index (χ0n) is 42.0. The zero-order valence-corrected chi connectivity index (χ0v) is 51.6. The first-order valence-electron chi connectivity index (χ1n) is 23.6. The minimum atomic E-state index is 0. The summed E-state index contributed by atoms with van der Waals surface area (Å²) in [5.41, 5.74) is 13.4. The van der Waals surface area contributed by atoms with Gasteiger partial charge in [0, 0.05) is 152 Å². The minimum absolute atomic E-state index is 0. The number of hydrogen-bond donors (Lipinski definition) is 0. The number of nitrogens with zero attached hydrogens (tertiary/aromatic N) is 8. The fraction of sp³-hybridized carbons (Fsp3) is 0.0625. The van der Waals surface area contributed by atoms with E-state index in [0.29, 0.717) is 0 Å². The maximum atomic E-state index is 4.49. The third-order valence-electron chi connectivity index (χ3n) is 11.9. The van der Waals surface area contributed by atoms with Crippen molar-refractivity contribution >= 4 is 0 Å². The molecule has 4 heterocycles. The Morgan fingerprint density at radius 1 is 0.329 bits per heavy atom. The Balaban J connectivity index is 0.000000184. The second kappa shape index (κ2) is 30.1. The van der Waals surface area contributed by atoms with Crippen LogP contribution in [-0.2, 0) is 109 Å². The zero-order chi connectivity index (χ0) is 49.5. The van der Waals surface area contributed by atoms with Crippen LogP contribution in [0.2, 0.25) is 0 Å². The van der Waals surface area contributed by atoms with E-state index < -0.39 is 0 Å². The molecule has 0 atom stereocenters. The molecule has 8 nitrogen and oxygen atoms in total. The summed E-state index contributed by atoms with van der Waals surface area (Å²) in [6.45, 7) is 0. The molecule has 12 heteroatoms. The Morgan fingerprint density at radius 2 is 0.789 bits per heavy atom. The second-order valence-electron chi connectivity index (χ2n) is 16.8. The smallest absolute Gasteiger partial charge is 0.0727 e. The van der Waals surface area contributed by atoms with E-state index in [2.05, 4.69) is 128 Å². The average Bonchev–Trinajstić information content (AvgIpc) is 4.29. The first-order chi connectivity index (χ1) is 35.4. The van der Waals surface area contributed by atoms with E-state index in [1.807, 2.05) is 188 Å².